The Kier molecular flexibility index (Phi) is 2.50. The van der Waals surface area contributed by atoms with E-state index in [2.05, 4.69) is 26.1 Å². The summed E-state index contributed by atoms with van der Waals surface area (Å²) in [7, 11) is 2.03. The smallest absolute Gasteiger partial charge is 0.0165 e. The summed E-state index contributed by atoms with van der Waals surface area (Å²) in [6, 6.07) is 0.337. The van der Waals surface area contributed by atoms with Gasteiger partial charge in [0.1, 0.15) is 0 Å². The van der Waals surface area contributed by atoms with Crippen molar-refractivity contribution in [1.29, 1.82) is 0 Å². The first-order chi connectivity index (χ1) is 5.40. The lowest BCUT2D eigenvalue weighted by Crippen LogP contribution is -2.54. The number of rotatable bonds is 1. The minimum Gasteiger partial charge on any atom is -0.327 e. The molecule has 0 radical (unpaired) electrons. The van der Waals surface area contributed by atoms with Gasteiger partial charge in [-0.15, -0.1) is 0 Å². The van der Waals surface area contributed by atoms with Crippen molar-refractivity contribution in [3.63, 3.8) is 0 Å². The fourth-order valence-electron chi connectivity index (χ4n) is 1.87. The maximum absolute atomic E-state index is 6.12. The SMILES string of the molecule is CNC1(C)CCC(C)(C)C(N)C1. The third-order valence-corrected chi connectivity index (χ3v) is 3.60. The molecule has 0 bridgehead atoms. The molecule has 0 saturated heterocycles. The quantitative estimate of drug-likeness (QED) is 0.626. The van der Waals surface area contributed by atoms with E-state index in [1.165, 1.54) is 12.8 Å². The summed E-state index contributed by atoms with van der Waals surface area (Å²) < 4.78 is 0. The monoisotopic (exact) mass is 170 g/mol. The van der Waals surface area contributed by atoms with Gasteiger partial charge in [-0.2, -0.15) is 0 Å². The van der Waals surface area contributed by atoms with E-state index in [0.717, 1.165) is 6.42 Å². The van der Waals surface area contributed by atoms with Crippen molar-refractivity contribution in [2.45, 2.75) is 51.6 Å². The Morgan fingerprint density at radius 3 is 2.25 bits per heavy atom. The molecule has 0 aromatic heterocycles. The predicted molar refractivity (Wildman–Crippen MR) is 53.1 cm³/mol. The average molecular weight is 170 g/mol. The van der Waals surface area contributed by atoms with Crippen LogP contribution in [0.2, 0.25) is 0 Å². The van der Waals surface area contributed by atoms with Crippen LogP contribution in [0.5, 0.6) is 0 Å². The molecule has 2 nitrogen and oxygen atoms in total. The first-order valence-corrected chi connectivity index (χ1v) is 4.84. The van der Waals surface area contributed by atoms with Gasteiger partial charge in [0.15, 0.2) is 0 Å². The van der Waals surface area contributed by atoms with Gasteiger partial charge < -0.3 is 11.1 Å². The van der Waals surface area contributed by atoms with E-state index in [1.54, 1.807) is 0 Å². The maximum atomic E-state index is 6.12. The molecule has 2 heteroatoms. The molecule has 1 fully saturated rings. The Morgan fingerprint density at radius 1 is 1.25 bits per heavy atom. The van der Waals surface area contributed by atoms with Gasteiger partial charge >= 0.3 is 0 Å². The number of hydrogen-bond donors (Lipinski definition) is 2. The van der Waals surface area contributed by atoms with Crippen LogP contribution in [0.3, 0.4) is 0 Å². The van der Waals surface area contributed by atoms with E-state index in [-0.39, 0.29) is 5.54 Å². The highest BCUT2D eigenvalue weighted by Crippen LogP contribution is 2.38. The topological polar surface area (TPSA) is 38.0 Å². The molecular weight excluding hydrogens is 148 g/mol. The van der Waals surface area contributed by atoms with Crippen LogP contribution < -0.4 is 11.1 Å². The normalized spacial score (nSPS) is 41.2. The van der Waals surface area contributed by atoms with Crippen LogP contribution in [0.25, 0.3) is 0 Å². The van der Waals surface area contributed by atoms with Gasteiger partial charge in [0.05, 0.1) is 0 Å². The predicted octanol–water partition coefficient (Wildman–Crippen LogP) is 1.50. The largest absolute Gasteiger partial charge is 0.327 e. The first kappa shape index (κ1) is 10.0. The van der Waals surface area contributed by atoms with Crippen molar-refractivity contribution in [1.82, 2.24) is 5.32 Å². The lowest BCUT2D eigenvalue weighted by molar-refractivity contribution is 0.124. The summed E-state index contributed by atoms with van der Waals surface area (Å²) in [5.41, 5.74) is 6.73. The van der Waals surface area contributed by atoms with Crippen LogP contribution in [0.15, 0.2) is 0 Å². The second kappa shape index (κ2) is 3.00. The third-order valence-electron chi connectivity index (χ3n) is 3.60. The van der Waals surface area contributed by atoms with E-state index in [4.69, 9.17) is 5.73 Å². The zero-order valence-corrected chi connectivity index (χ0v) is 8.78. The minimum absolute atomic E-state index is 0.273. The summed E-state index contributed by atoms with van der Waals surface area (Å²) in [5.74, 6) is 0. The summed E-state index contributed by atoms with van der Waals surface area (Å²) >= 11 is 0. The molecule has 1 aliphatic rings. The van der Waals surface area contributed by atoms with Crippen LogP contribution >= 0.6 is 0 Å². The zero-order valence-electron chi connectivity index (χ0n) is 8.78. The van der Waals surface area contributed by atoms with Crippen LogP contribution in [-0.4, -0.2) is 18.6 Å². The fraction of sp³-hybridized carbons (Fsp3) is 1.00. The Hall–Kier alpha value is -0.0800. The van der Waals surface area contributed by atoms with E-state index in [0.29, 0.717) is 11.5 Å². The van der Waals surface area contributed by atoms with Crippen molar-refractivity contribution >= 4 is 0 Å². The van der Waals surface area contributed by atoms with Gasteiger partial charge in [-0.25, -0.2) is 0 Å². The molecule has 0 aromatic carbocycles. The Labute approximate surface area is 75.9 Å². The lowest BCUT2D eigenvalue weighted by Gasteiger charge is -2.45. The van der Waals surface area contributed by atoms with E-state index in [9.17, 15) is 0 Å². The molecule has 0 heterocycles. The highest BCUT2D eigenvalue weighted by molar-refractivity contribution is 4.98. The van der Waals surface area contributed by atoms with Gasteiger partial charge in [-0.3, -0.25) is 0 Å². The molecule has 1 rings (SSSR count). The molecule has 2 atom stereocenters. The van der Waals surface area contributed by atoms with Crippen molar-refractivity contribution in [2.24, 2.45) is 11.1 Å². The lowest BCUT2D eigenvalue weighted by atomic mass is 9.67. The summed E-state index contributed by atoms with van der Waals surface area (Å²) in [6.07, 6.45) is 3.56. The second-order valence-electron chi connectivity index (χ2n) is 5.11. The molecule has 0 spiro atoms. The molecule has 3 N–H and O–H groups in total. The van der Waals surface area contributed by atoms with Crippen LogP contribution in [0.1, 0.15) is 40.0 Å². The van der Waals surface area contributed by atoms with Crippen molar-refractivity contribution in [3.8, 4) is 0 Å². The third kappa shape index (κ3) is 1.80. The van der Waals surface area contributed by atoms with Crippen LogP contribution in [-0.2, 0) is 0 Å². The van der Waals surface area contributed by atoms with Gasteiger partial charge in [0, 0.05) is 11.6 Å². The molecular formula is C10H22N2. The molecule has 1 saturated carbocycles. The summed E-state index contributed by atoms with van der Waals surface area (Å²) in [5, 5.41) is 3.37. The van der Waals surface area contributed by atoms with Gasteiger partial charge in [0.2, 0.25) is 0 Å². The molecule has 1 aliphatic carbocycles. The summed E-state index contributed by atoms with van der Waals surface area (Å²) in [6.45, 7) is 6.81. The van der Waals surface area contributed by atoms with Crippen molar-refractivity contribution in [2.75, 3.05) is 7.05 Å². The molecule has 12 heavy (non-hydrogen) atoms. The molecule has 0 aromatic rings. The molecule has 2 unspecified atom stereocenters. The standard InChI is InChI=1S/C10H22N2/c1-9(2)5-6-10(3,12-4)7-8(9)11/h8,12H,5-7,11H2,1-4H3. The minimum atomic E-state index is 0.273. The number of hydrogen-bond acceptors (Lipinski definition) is 2. The Balaban J connectivity index is 2.63. The fourth-order valence-corrected chi connectivity index (χ4v) is 1.87. The number of nitrogens with one attached hydrogen (secondary N) is 1. The second-order valence-corrected chi connectivity index (χ2v) is 5.11. The highest BCUT2D eigenvalue weighted by Gasteiger charge is 2.39. The van der Waals surface area contributed by atoms with Gasteiger partial charge in [0.25, 0.3) is 0 Å². The Bertz CT molecular complexity index is 165. The number of nitrogens with two attached hydrogens (primary N) is 1. The molecule has 0 aliphatic heterocycles. The van der Waals surface area contributed by atoms with Gasteiger partial charge in [-0.1, -0.05) is 13.8 Å². The summed E-state index contributed by atoms with van der Waals surface area (Å²) in [4.78, 5) is 0. The average Bonchev–Trinajstić information content (AvgIpc) is 1.99. The molecule has 0 amide bonds. The van der Waals surface area contributed by atoms with E-state index in [1.807, 2.05) is 7.05 Å². The molecule has 72 valence electrons. The van der Waals surface area contributed by atoms with E-state index >= 15 is 0 Å². The van der Waals surface area contributed by atoms with E-state index < -0.39 is 0 Å². The van der Waals surface area contributed by atoms with Crippen molar-refractivity contribution < 1.29 is 0 Å². The van der Waals surface area contributed by atoms with Crippen molar-refractivity contribution in [3.05, 3.63) is 0 Å². The highest BCUT2D eigenvalue weighted by atomic mass is 14.9. The zero-order chi connectivity index (χ0) is 9.41. The van der Waals surface area contributed by atoms with Crippen LogP contribution in [0.4, 0.5) is 0 Å². The van der Waals surface area contributed by atoms with Gasteiger partial charge in [-0.05, 0) is 38.6 Å². The maximum Gasteiger partial charge on any atom is 0.0165 e. The van der Waals surface area contributed by atoms with Crippen LogP contribution in [0, 0.1) is 5.41 Å². The first-order valence-electron chi connectivity index (χ1n) is 4.84. The Morgan fingerprint density at radius 2 is 1.83 bits per heavy atom.